The van der Waals surface area contributed by atoms with Gasteiger partial charge < -0.3 is 14.3 Å². The maximum absolute atomic E-state index is 13.1. The van der Waals surface area contributed by atoms with Gasteiger partial charge in [-0.25, -0.2) is 0 Å². The number of fused-ring (bicyclic) bond motifs is 1. The lowest BCUT2D eigenvalue weighted by molar-refractivity contribution is 0.0727. The number of hydrogen-bond donors (Lipinski definition) is 0. The van der Waals surface area contributed by atoms with Gasteiger partial charge in [-0.15, -0.1) is 0 Å². The number of rotatable bonds is 2. The zero-order chi connectivity index (χ0) is 17.6. The Labute approximate surface area is 147 Å². The zero-order valence-corrected chi connectivity index (χ0v) is 15.2. The van der Waals surface area contributed by atoms with Gasteiger partial charge in [0.25, 0.3) is 5.91 Å². The van der Waals surface area contributed by atoms with E-state index in [9.17, 15) is 4.79 Å². The van der Waals surface area contributed by atoms with Gasteiger partial charge in [-0.05, 0) is 46.2 Å². The predicted octanol–water partition coefficient (Wildman–Crippen LogP) is 2.30. The first-order valence-corrected chi connectivity index (χ1v) is 9.03. The van der Waals surface area contributed by atoms with Crippen LogP contribution in [0.3, 0.4) is 0 Å². The van der Waals surface area contributed by atoms with Crippen LogP contribution < -0.4 is 0 Å². The third-order valence-electron chi connectivity index (χ3n) is 5.36. The molecular weight excluding hydrogens is 318 g/mol. The third kappa shape index (κ3) is 2.86. The van der Waals surface area contributed by atoms with Crippen molar-refractivity contribution in [2.24, 2.45) is 0 Å². The van der Waals surface area contributed by atoms with E-state index in [0.717, 1.165) is 68.2 Å². The molecule has 7 nitrogen and oxygen atoms in total. The van der Waals surface area contributed by atoms with Crippen molar-refractivity contribution in [1.82, 2.24) is 24.7 Å². The topological polar surface area (TPSA) is 67.4 Å². The highest BCUT2D eigenvalue weighted by Crippen LogP contribution is 2.36. The van der Waals surface area contributed by atoms with E-state index in [1.807, 2.05) is 29.5 Å². The van der Waals surface area contributed by atoms with Crippen LogP contribution in [-0.2, 0) is 13.1 Å². The second-order valence-electron chi connectivity index (χ2n) is 7.23. The van der Waals surface area contributed by atoms with Crippen LogP contribution in [0.1, 0.15) is 58.5 Å². The number of amides is 1. The number of aromatic nitrogens is 3. The van der Waals surface area contributed by atoms with E-state index in [2.05, 4.69) is 22.2 Å². The van der Waals surface area contributed by atoms with Gasteiger partial charge in [-0.1, -0.05) is 5.16 Å². The zero-order valence-electron chi connectivity index (χ0n) is 15.2. The monoisotopic (exact) mass is 343 g/mol. The van der Waals surface area contributed by atoms with Gasteiger partial charge in [-0.2, -0.15) is 5.10 Å². The minimum Gasteiger partial charge on any atom is -0.361 e. The summed E-state index contributed by atoms with van der Waals surface area (Å²) in [7, 11) is 2.11. The van der Waals surface area contributed by atoms with Crippen LogP contribution in [0.2, 0.25) is 0 Å². The Morgan fingerprint density at radius 3 is 2.84 bits per heavy atom. The molecule has 1 fully saturated rings. The molecule has 2 aliphatic rings. The van der Waals surface area contributed by atoms with Crippen molar-refractivity contribution in [3.8, 4) is 0 Å². The van der Waals surface area contributed by atoms with Crippen LogP contribution in [0, 0.1) is 13.8 Å². The highest BCUT2D eigenvalue weighted by atomic mass is 16.5. The van der Waals surface area contributed by atoms with Crippen LogP contribution in [-0.4, -0.2) is 50.8 Å². The lowest BCUT2D eigenvalue weighted by Gasteiger charge is -2.24. The molecule has 2 aromatic rings. The SMILES string of the molecule is Cc1noc(C)c1[C@H]1CCCN1C(=O)c1cc2n(n1)CCCN(C)C2. The normalized spacial score (nSPS) is 21.4. The Morgan fingerprint density at radius 1 is 1.24 bits per heavy atom. The molecule has 0 radical (unpaired) electrons. The van der Waals surface area contributed by atoms with E-state index in [1.165, 1.54) is 0 Å². The predicted molar refractivity (Wildman–Crippen MR) is 92.2 cm³/mol. The van der Waals surface area contributed by atoms with Gasteiger partial charge in [-0.3, -0.25) is 9.48 Å². The van der Waals surface area contributed by atoms with Gasteiger partial charge >= 0.3 is 0 Å². The number of nitrogens with zero attached hydrogens (tertiary/aromatic N) is 5. The average molecular weight is 343 g/mol. The van der Waals surface area contributed by atoms with Crippen molar-refractivity contribution in [3.05, 3.63) is 34.5 Å². The summed E-state index contributed by atoms with van der Waals surface area (Å²) in [5.74, 6) is 0.829. The number of carbonyl (C=O) groups is 1. The fourth-order valence-electron chi connectivity index (χ4n) is 4.15. The van der Waals surface area contributed by atoms with Crippen LogP contribution in [0.4, 0.5) is 0 Å². The highest BCUT2D eigenvalue weighted by molar-refractivity contribution is 5.93. The standard InChI is InChI=1S/C18H25N5O2/c1-12-17(13(2)25-20-12)16-6-4-8-22(16)18(24)15-10-14-11-21(3)7-5-9-23(14)19-15/h10,16H,4-9,11H2,1-3H3/t16-/m1/s1. The first kappa shape index (κ1) is 16.3. The molecule has 0 N–H and O–H groups in total. The van der Waals surface area contributed by atoms with E-state index in [1.54, 1.807) is 0 Å². The summed E-state index contributed by atoms with van der Waals surface area (Å²) < 4.78 is 7.32. The van der Waals surface area contributed by atoms with Crippen LogP contribution in [0.15, 0.2) is 10.6 Å². The van der Waals surface area contributed by atoms with Gasteiger partial charge in [0.05, 0.1) is 17.4 Å². The number of aryl methyl sites for hydroxylation is 3. The Kier molecular flexibility index (Phi) is 4.11. The molecule has 134 valence electrons. The Hall–Kier alpha value is -2.15. The molecule has 7 heteroatoms. The van der Waals surface area contributed by atoms with E-state index in [0.29, 0.717) is 5.69 Å². The molecule has 25 heavy (non-hydrogen) atoms. The molecule has 0 aliphatic carbocycles. The van der Waals surface area contributed by atoms with Gasteiger partial charge in [0, 0.05) is 31.7 Å². The smallest absolute Gasteiger partial charge is 0.274 e. The summed E-state index contributed by atoms with van der Waals surface area (Å²) in [6.07, 6.45) is 3.01. The van der Waals surface area contributed by atoms with Gasteiger partial charge in [0.2, 0.25) is 0 Å². The molecule has 1 atom stereocenters. The summed E-state index contributed by atoms with van der Waals surface area (Å²) in [5.41, 5.74) is 3.62. The molecule has 1 saturated heterocycles. The number of likely N-dealkylation sites (tertiary alicyclic amines) is 1. The number of carbonyl (C=O) groups excluding carboxylic acids is 1. The molecule has 2 aromatic heterocycles. The van der Waals surface area contributed by atoms with Crippen molar-refractivity contribution in [1.29, 1.82) is 0 Å². The highest BCUT2D eigenvalue weighted by Gasteiger charge is 2.35. The van der Waals surface area contributed by atoms with E-state index in [-0.39, 0.29) is 11.9 Å². The van der Waals surface area contributed by atoms with Crippen LogP contribution in [0.5, 0.6) is 0 Å². The summed E-state index contributed by atoms with van der Waals surface area (Å²) in [6, 6.07) is 2.01. The first-order valence-electron chi connectivity index (χ1n) is 9.03. The largest absolute Gasteiger partial charge is 0.361 e. The first-order chi connectivity index (χ1) is 12.0. The minimum atomic E-state index is 0.0192. The molecule has 0 spiro atoms. The van der Waals surface area contributed by atoms with Crippen molar-refractivity contribution in [2.75, 3.05) is 20.1 Å². The van der Waals surface area contributed by atoms with Crippen molar-refractivity contribution in [3.63, 3.8) is 0 Å². The minimum absolute atomic E-state index is 0.0192. The second-order valence-corrected chi connectivity index (χ2v) is 7.23. The maximum atomic E-state index is 13.1. The van der Waals surface area contributed by atoms with Gasteiger partial charge in [0.15, 0.2) is 5.69 Å². The van der Waals surface area contributed by atoms with E-state index < -0.39 is 0 Å². The summed E-state index contributed by atoms with van der Waals surface area (Å²) in [5, 5.41) is 8.67. The molecule has 4 heterocycles. The maximum Gasteiger partial charge on any atom is 0.274 e. The Morgan fingerprint density at radius 2 is 2.08 bits per heavy atom. The van der Waals surface area contributed by atoms with E-state index in [4.69, 9.17) is 4.52 Å². The molecule has 1 amide bonds. The number of hydrogen-bond acceptors (Lipinski definition) is 5. The average Bonchev–Trinajstić information content (AvgIpc) is 3.25. The summed E-state index contributed by atoms with van der Waals surface area (Å²) >= 11 is 0. The summed E-state index contributed by atoms with van der Waals surface area (Å²) in [6.45, 7) is 7.41. The van der Waals surface area contributed by atoms with Crippen molar-refractivity contribution in [2.45, 2.75) is 52.2 Å². The Balaban J connectivity index is 1.61. The molecule has 4 rings (SSSR count). The van der Waals surface area contributed by atoms with Crippen molar-refractivity contribution < 1.29 is 9.32 Å². The molecule has 2 aliphatic heterocycles. The molecule has 0 unspecified atom stereocenters. The fraction of sp³-hybridized carbons (Fsp3) is 0.611. The fourth-order valence-corrected chi connectivity index (χ4v) is 4.15. The van der Waals surface area contributed by atoms with Crippen LogP contribution >= 0.6 is 0 Å². The van der Waals surface area contributed by atoms with Crippen molar-refractivity contribution >= 4 is 5.91 Å². The van der Waals surface area contributed by atoms with Crippen LogP contribution in [0.25, 0.3) is 0 Å². The lowest BCUT2D eigenvalue weighted by atomic mass is 10.0. The second kappa shape index (κ2) is 6.29. The molecule has 0 aromatic carbocycles. The summed E-state index contributed by atoms with van der Waals surface area (Å²) in [4.78, 5) is 17.4. The Bertz CT molecular complexity index is 774. The quantitative estimate of drug-likeness (QED) is 0.837. The molecular formula is C18H25N5O2. The van der Waals surface area contributed by atoms with E-state index >= 15 is 0 Å². The molecule has 0 bridgehead atoms. The molecule has 0 saturated carbocycles. The third-order valence-corrected chi connectivity index (χ3v) is 5.36. The lowest BCUT2D eigenvalue weighted by Crippen LogP contribution is -2.31. The van der Waals surface area contributed by atoms with Gasteiger partial charge in [0.1, 0.15) is 5.76 Å².